The van der Waals surface area contributed by atoms with Crippen molar-refractivity contribution in [2.75, 3.05) is 16.8 Å². The van der Waals surface area contributed by atoms with E-state index in [1.165, 1.54) is 0 Å². The summed E-state index contributed by atoms with van der Waals surface area (Å²) in [6.45, 7) is 1.53. The van der Waals surface area contributed by atoms with Gasteiger partial charge >= 0.3 is 5.97 Å². The van der Waals surface area contributed by atoms with E-state index in [2.05, 4.69) is 5.32 Å². The van der Waals surface area contributed by atoms with Crippen LogP contribution in [0.4, 0.5) is 11.4 Å². The number of carbonyl (C=O) groups excluding carboxylic acids is 1. The molecule has 2 N–H and O–H groups in total. The molecule has 1 atom stereocenters. The largest absolute Gasteiger partial charge is 0.481 e. The lowest BCUT2D eigenvalue weighted by molar-refractivity contribution is -0.139. The molecule has 1 amide bonds. The molecule has 6 heteroatoms. The number of hydrogen-bond donors (Lipinski definition) is 2. The summed E-state index contributed by atoms with van der Waals surface area (Å²) in [7, 11) is 0. The monoisotopic (exact) mass is 388 g/mol. The lowest BCUT2D eigenvalue weighted by Gasteiger charge is -2.38. The van der Waals surface area contributed by atoms with Crippen LogP contribution in [0.5, 0.6) is 5.75 Å². The summed E-state index contributed by atoms with van der Waals surface area (Å²) in [5.74, 6) is -0.786. The molecule has 3 aromatic rings. The number of nitrogens with one attached hydrogen (secondary N) is 1. The van der Waals surface area contributed by atoms with Crippen molar-refractivity contribution in [3.8, 4) is 5.75 Å². The maximum absolute atomic E-state index is 13.4. The fourth-order valence-electron chi connectivity index (χ4n) is 3.42. The molecule has 146 valence electrons. The van der Waals surface area contributed by atoms with Crippen LogP contribution in [0, 0.1) is 6.92 Å². The lowest BCUT2D eigenvalue weighted by atomic mass is 10.0. The van der Waals surface area contributed by atoms with Gasteiger partial charge in [-0.15, -0.1) is 0 Å². The van der Waals surface area contributed by atoms with Gasteiger partial charge in [0.05, 0.1) is 5.56 Å². The second-order valence-corrected chi connectivity index (χ2v) is 6.82. The molecule has 1 heterocycles. The molecular formula is C23H20N2O4. The molecule has 0 aromatic heterocycles. The Balaban J connectivity index is 1.82. The molecule has 0 radical (unpaired) electrons. The molecule has 0 saturated heterocycles. The number of hydrogen-bond acceptors (Lipinski definition) is 4. The average molecular weight is 388 g/mol. The Labute approximate surface area is 168 Å². The SMILES string of the molecule is Cc1ccc(N2C(=O)c3ccccc3N[C@H]2c2ccccc2OCC(=O)O)cc1. The number of carboxylic acids is 1. The highest BCUT2D eigenvalue weighted by Crippen LogP contribution is 2.39. The van der Waals surface area contributed by atoms with E-state index < -0.39 is 18.7 Å². The van der Waals surface area contributed by atoms with Crippen LogP contribution in [0.2, 0.25) is 0 Å². The number of nitrogens with zero attached hydrogens (tertiary/aromatic N) is 1. The van der Waals surface area contributed by atoms with Gasteiger partial charge in [-0.05, 0) is 37.3 Å². The highest BCUT2D eigenvalue weighted by molar-refractivity contribution is 6.12. The molecule has 0 fully saturated rings. The van der Waals surface area contributed by atoms with Crippen LogP contribution in [0.25, 0.3) is 0 Å². The third kappa shape index (κ3) is 3.65. The smallest absolute Gasteiger partial charge is 0.341 e. The van der Waals surface area contributed by atoms with Crippen molar-refractivity contribution in [3.05, 3.63) is 89.5 Å². The molecule has 4 rings (SSSR count). The molecule has 0 spiro atoms. The van der Waals surface area contributed by atoms with E-state index >= 15 is 0 Å². The van der Waals surface area contributed by atoms with Crippen LogP contribution in [-0.2, 0) is 4.79 Å². The number of aryl methyl sites for hydroxylation is 1. The predicted octanol–water partition coefficient (Wildman–Crippen LogP) is 4.23. The minimum Gasteiger partial charge on any atom is -0.481 e. The zero-order valence-electron chi connectivity index (χ0n) is 15.8. The number of benzene rings is 3. The van der Waals surface area contributed by atoms with Gasteiger partial charge in [0.25, 0.3) is 5.91 Å². The topological polar surface area (TPSA) is 78.9 Å². The van der Waals surface area contributed by atoms with Gasteiger partial charge in [0.15, 0.2) is 6.61 Å². The third-order valence-corrected chi connectivity index (χ3v) is 4.80. The number of carboxylic acid groups (broad SMARTS) is 1. The second kappa shape index (κ2) is 7.67. The Morgan fingerprint density at radius 3 is 2.48 bits per heavy atom. The van der Waals surface area contributed by atoms with E-state index in [1.54, 1.807) is 23.1 Å². The summed E-state index contributed by atoms with van der Waals surface area (Å²) in [5.41, 5.74) is 3.80. The van der Waals surface area contributed by atoms with E-state index in [1.807, 2.05) is 61.5 Å². The first-order chi connectivity index (χ1) is 14.0. The minimum absolute atomic E-state index is 0.138. The molecule has 1 aliphatic rings. The van der Waals surface area contributed by atoms with Gasteiger partial charge in [-0.1, -0.05) is 48.0 Å². The molecular weight excluding hydrogens is 368 g/mol. The Hall–Kier alpha value is -3.80. The first kappa shape index (κ1) is 18.6. The molecule has 0 bridgehead atoms. The number of anilines is 2. The van der Waals surface area contributed by atoms with Crippen molar-refractivity contribution in [2.24, 2.45) is 0 Å². The highest BCUT2D eigenvalue weighted by atomic mass is 16.5. The second-order valence-electron chi connectivity index (χ2n) is 6.82. The van der Waals surface area contributed by atoms with Crippen molar-refractivity contribution in [1.29, 1.82) is 0 Å². The summed E-state index contributed by atoms with van der Waals surface area (Å²) < 4.78 is 5.50. The summed E-state index contributed by atoms with van der Waals surface area (Å²) in [6.07, 6.45) is -0.551. The Morgan fingerprint density at radius 1 is 1.03 bits per heavy atom. The minimum atomic E-state index is -1.06. The zero-order valence-corrected chi connectivity index (χ0v) is 15.8. The summed E-state index contributed by atoms with van der Waals surface area (Å²) in [4.78, 5) is 26.1. The first-order valence-electron chi connectivity index (χ1n) is 9.24. The van der Waals surface area contributed by atoms with Crippen LogP contribution >= 0.6 is 0 Å². The van der Waals surface area contributed by atoms with Crippen LogP contribution < -0.4 is 15.0 Å². The van der Waals surface area contributed by atoms with E-state index in [9.17, 15) is 9.59 Å². The summed E-state index contributed by atoms with van der Waals surface area (Å²) in [5, 5.41) is 12.4. The zero-order chi connectivity index (χ0) is 20.4. The first-order valence-corrected chi connectivity index (χ1v) is 9.24. The number of fused-ring (bicyclic) bond motifs is 1. The predicted molar refractivity (Wildman–Crippen MR) is 110 cm³/mol. The Morgan fingerprint density at radius 2 is 1.72 bits per heavy atom. The van der Waals surface area contributed by atoms with E-state index in [4.69, 9.17) is 9.84 Å². The number of aliphatic carboxylic acids is 1. The van der Waals surface area contributed by atoms with Crippen LogP contribution in [0.3, 0.4) is 0 Å². The van der Waals surface area contributed by atoms with Gasteiger partial charge in [0, 0.05) is 16.9 Å². The standard InChI is InChI=1S/C23H20N2O4/c1-15-10-12-16(13-11-15)25-22(24-19-8-4-2-6-17(19)23(25)28)18-7-3-5-9-20(18)29-14-21(26)27/h2-13,22,24H,14H2,1H3,(H,26,27)/t22-/m1/s1. The van der Waals surface area contributed by atoms with Crippen LogP contribution in [-0.4, -0.2) is 23.6 Å². The Bertz CT molecular complexity index is 1060. The molecule has 6 nitrogen and oxygen atoms in total. The van der Waals surface area contributed by atoms with Crippen molar-refractivity contribution < 1.29 is 19.4 Å². The fourth-order valence-corrected chi connectivity index (χ4v) is 3.42. The normalized spacial score (nSPS) is 15.4. The van der Waals surface area contributed by atoms with Gasteiger partial charge in [0.2, 0.25) is 0 Å². The molecule has 0 aliphatic carbocycles. The molecule has 0 saturated carbocycles. The van der Waals surface area contributed by atoms with Crippen LogP contribution in [0.1, 0.15) is 27.7 Å². The van der Waals surface area contributed by atoms with E-state index in [0.717, 1.165) is 16.9 Å². The Kier molecular flexibility index (Phi) is 4.91. The molecule has 29 heavy (non-hydrogen) atoms. The van der Waals surface area contributed by atoms with E-state index in [0.29, 0.717) is 16.9 Å². The van der Waals surface area contributed by atoms with Gasteiger partial charge in [-0.25, -0.2) is 4.79 Å². The third-order valence-electron chi connectivity index (χ3n) is 4.80. The van der Waals surface area contributed by atoms with Gasteiger partial charge in [0.1, 0.15) is 11.9 Å². The maximum atomic E-state index is 13.4. The lowest BCUT2D eigenvalue weighted by Crippen LogP contribution is -2.43. The van der Waals surface area contributed by atoms with Crippen LogP contribution in [0.15, 0.2) is 72.8 Å². The van der Waals surface area contributed by atoms with Gasteiger partial charge < -0.3 is 15.2 Å². The molecule has 3 aromatic carbocycles. The summed E-state index contributed by atoms with van der Waals surface area (Å²) in [6, 6.07) is 22.2. The maximum Gasteiger partial charge on any atom is 0.341 e. The van der Waals surface area contributed by atoms with Crippen molar-refractivity contribution >= 4 is 23.3 Å². The fraction of sp³-hybridized carbons (Fsp3) is 0.130. The van der Waals surface area contributed by atoms with E-state index in [-0.39, 0.29) is 5.91 Å². The molecule has 1 aliphatic heterocycles. The number of ether oxygens (including phenoxy) is 1. The summed E-state index contributed by atoms with van der Waals surface area (Å²) >= 11 is 0. The quantitative estimate of drug-likeness (QED) is 0.684. The number of amides is 1. The van der Waals surface area contributed by atoms with Gasteiger partial charge in [-0.2, -0.15) is 0 Å². The van der Waals surface area contributed by atoms with Crippen molar-refractivity contribution in [1.82, 2.24) is 0 Å². The van der Waals surface area contributed by atoms with Crippen molar-refractivity contribution in [2.45, 2.75) is 13.1 Å². The average Bonchev–Trinajstić information content (AvgIpc) is 2.73. The van der Waals surface area contributed by atoms with Crippen molar-refractivity contribution in [3.63, 3.8) is 0 Å². The molecule has 0 unspecified atom stereocenters. The highest BCUT2D eigenvalue weighted by Gasteiger charge is 2.35. The number of rotatable bonds is 5. The number of para-hydroxylation sites is 2. The number of carbonyl (C=O) groups is 2. The van der Waals surface area contributed by atoms with Gasteiger partial charge in [-0.3, -0.25) is 9.69 Å².